The minimum Gasteiger partial charge on any atom is -0.464 e. The number of hydrogen-bond donors (Lipinski definition) is 1. The smallest absolute Gasteiger partial charge is 0.330 e. The van der Waals surface area contributed by atoms with Gasteiger partial charge in [-0.25, -0.2) is 4.79 Å². The van der Waals surface area contributed by atoms with Gasteiger partial charge in [-0.05, 0) is 31.2 Å². The lowest BCUT2D eigenvalue weighted by Crippen LogP contribution is -2.57. The third-order valence-corrected chi connectivity index (χ3v) is 3.41. The summed E-state index contributed by atoms with van der Waals surface area (Å²) in [7, 11) is 0. The van der Waals surface area contributed by atoms with Crippen molar-refractivity contribution in [1.29, 1.82) is 0 Å². The molecule has 0 bridgehead atoms. The molecule has 0 aromatic heterocycles. The van der Waals surface area contributed by atoms with Gasteiger partial charge in [-0.15, -0.1) is 0 Å². The van der Waals surface area contributed by atoms with E-state index >= 15 is 0 Å². The molecule has 20 heavy (non-hydrogen) atoms. The molecule has 2 rings (SSSR count). The lowest BCUT2D eigenvalue weighted by molar-refractivity contribution is -0.149. The van der Waals surface area contributed by atoms with Crippen molar-refractivity contribution in [3.63, 3.8) is 0 Å². The van der Waals surface area contributed by atoms with Crippen LogP contribution in [0.25, 0.3) is 0 Å². The quantitative estimate of drug-likeness (QED) is 0.855. The number of nitrogens with one attached hydrogen (secondary N) is 1. The maximum Gasteiger partial charge on any atom is 0.330 e. The first-order valence-electron chi connectivity index (χ1n) is 6.57. The Bertz CT molecular complexity index is 490. The number of rotatable bonds is 3. The van der Waals surface area contributed by atoms with Gasteiger partial charge < -0.3 is 15.0 Å². The van der Waals surface area contributed by atoms with Gasteiger partial charge in [0, 0.05) is 30.2 Å². The number of esters is 1. The molecule has 1 atom stereocenters. The van der Waals surface area contributed by atoms with E-state index in [1.807, 2.05) is 0 Å². The van der Waals surface area contributed by atoms with Crippen molar-refractivity contribution in [3.8, 4) is 0 Å². The highest BCUT2D eigenvalue weighted by atomic mass is 35.5. The van der Waals surface area contributed by atoms with Crippen LogP contribution in [0.3, 0.4) is 0 Å². The predicted molar refractivity (Wildman–Crippen MR) is 75.8 cm³/mol. The summed E-state index contributed by atoms with van der Waals surface area (Å²) in [5.41, 5.74) is 0.519. The van der Waals surface area contributed by atoms with Gasteiger partial charge >= 0.3 is 5.97 Å². The average molecular weight is 297 g/mol. The fraction of sp³-hybridized carbons (Fsp3) is 0.429. The normalized spacial score (nSPS) is 18.7. The van der Waals surface area contributed by atoms with Crippen molar-refractivity contribution in [1.82, 2.24) is 10.2 Å². The minimum atomic E-state index is -0.577. The summed E-state index contributed by atoms with van der Waals surface area (Å²) >= 11 is 5.81. The number of amides is 1. The summed E-state index contributed by atoms with van der Waals surface area (Å²) in [6.45, 7) is 3.61. The van der Waals surface area contributed by atoms with Crippen molar-refractivity contribution >= 4 is 23.5 Å². The summed E-state index contributed by atoms with van der Waals surface area (Å²) in [5, 5.41) is 3.68. The first-order valence-corrected chi connectivity index (χ1v) is 6.95. The molecule has 5 nitrogen and oxygen atoms in total. The summed E-state index contributed by atoms with van der Waals surface area (Å²) in [6.07, 6.45) is 0. The molecule has 108 valence electrons. The molecule has 1 amide bonds. The van der Waals surface area contributed by atoms with E-state index in [-0.39, 0.29) is 11.9 Å². The molecule has 1 N–H and O–H groups in total. The maximum atomic E-state index is 12.5. The molecule has 1 saturated heterocycles. The lowest BCUT2D eigenvalue weighted by atomic mass is 10.1. The monoisotopic (exact) mass is 296 g/mol. The van der Waals surface area contributed by atoms with Gasteiger partial charge in [0.2, 0.25) is 0 Å². The van der Waals surface area contributed by atoms with Crippen molar-refractivity contribution in [2.75, 3.05) is 26.2 Å². The molecule has 1 aliphatic rings. The maximum absolute atomic E-state index is 12.5. The average Bonchev–Trinajstić information content (AvgIpc) is 2.47. The Balaban J connectivity index is 2.16. The van der Waals surface area contributed by atoms with E-state index in [4.69, 9.17) is 16.3 Å². The Labute approximate surface area is 122 Å². The molecular weight excluding hydrogens is 280 g/mol. The van der Waals surface area contributed by atoms with Crippen LogP contribution in [0.15, 0.2) is 24.3 Å². The van der Waals surface area contributed by atoms with Crippen LogP contribution in [0.1, 0.15) is 17.3 Å². The zero-order valence-electron chi connectivity index (χ0n) is 11.3. The predicted octanol–water partition coefficient (Wildman–Crippen LogP) is 1.32. The molecule has 1 aliphatic heterocycles. The first kappa shape index (κ1) is 14.8. The molecule has 0 radical (unpaired) electrons. The highest BCUT2D eigenvalue weighted by Gasteiger charge is 2.33. The molecule has 1 aromatic rings. The second-order valence-corrected chi connectivity index (χ2v) is 4.91. The molecule has 6 heteroatoms. The second kappa shape index (κ2) is 6.72. The van der Waals surface area contributed by atoms with Crippen molar-refractivity contribution in [2.24, 2.45) is 0 Å². The second-order valence-electron chi connectivity index (χ2n) is 4.48. The summed E-state index contributed by atoms with van der Waals surface area (Å²) in [4.78, 5) is 26.0. The summed E-state index contributed by atoms with van der Waals surface area (Å²) in [6, 6.07) is 6.07. The minimum absolute atomic E-state index is 0.179. The summed E-state index contributed by atoms with van der Waals surface area (Å²) in [5.74, 6) is -0.553. The van der Waals surface area contributed by atoms with Crippen molar-refractivity contribution < 1.29 is 14.3 Å². The largest absolute Gasteiger partial charge is 0.464 e. The highest BCUT2D eigenvalue weighted by molar-refractivity contribution is 6.30. The van der Waals surface area contributed by atoms with Crippen LogP contribution < -0.4 is 5.32 Å². The number of nitrogens with zero attached hydrogens (tertiary/aromatic N) is 1. The third-order valence-electron chi connectivity index (χ3n) is 3.15. The fourth-order valence-corrected chi connectivity index (χ4v) is 2.28. The van der Waals surface area contributed by atoms with E-state index in [9.17, 15) is 9.59 Å². The van der Waals surface area contributed by atoms with Crippen LogP contribution in [-0.4, -0.2) is 49.1 Å². The van der Waals surface area contributed by atoms with E-state index < -0.39 is 6.04 Å². The topological polar surface area (TPSA) is 58.6 Å². The first-order chi connectivity index (χ1) is 9.63. The van der Waals surface area contributed by atoms with E-state index in [1.54, 1.807) is 36.1 Å². The van der Waals surface area contributed by atoms with Crippen LogP contribution >= 0.6 is 11.6 Å². The van der Waals surface area contributed by atoms with Crippen LogP contribution in [0.4, 0.5) is 0 Å². The zero-order valence-corrected chi connectivity index (χ0v) is 12.0. The number of benzene rings is 1. The van der Waals surface area contributed by atoms with Gasteiger partial charge in [-0.1, -0.05) is 11.6 Å². The van der Waals surface area contributed by atoms with Gasteiger partial charge in [0.15, 0.2) is 0 Å². The van der Waals surface area contributed by atoms with Crippen LogP contribution in [-0.2, 0) is 9.53 Å². The highest BCUT2D eigenvalue weighted by Crippen LogP contribution is 2.15. The standard InChI is InChI=1S/C14H17ClN2O3/c1-2-20-14(19)12-9-16-7-8-17(12)13(18)10-3-5-11(15)6-4-10/h3-6,12,16H,2,7-9H2,1H3. The Morgan fingerprint density at radius 3 is 2.75 bits per heavy atom. The zero-order chi connectivity index (χ0) is 14.5. The third kappa shape index (κ3) is 3.29. The van der Waals surface area contributed by atoms with Crippen molar-refractivity contribution in [2.45, 2.75) is 13.0 Å². The summed E-state index contributed by atoms with van der Waals surface area (Å²) < 4.78 is 5.02. The molecule has 0 aliphatic carbocycles. The molecule has 0 spiro atoms. The molecule has 1 aromatic carbocycles. The Morgan fingerprint density at radius 2 is 2.10 bits per heavy atom. The van der Waals surface area contributed by atoms with Gasteiger partial charge in [0.05, 0.1) is 6.61 Å². The Hall–Kier alpha value is -1.59. The number of halogens is 1. The van der Waals surface area contributed by atoms with Gasteiger partial charge in [-0.3, -0.25) is 4.79 Å². The number of piperazine rings is 1. The van der Waals surface area contributed by atoms with Gasteiger partial charge in [-0.2, -0.15) is 0 Å². The van der Waals surface area contributed by atoms with Crippen LogP contribution in [0, 0.1) is 0 Å². The molecule has 0 saturated carbocycles. The number of hydrogen-bond acceptors (Lipinski definition) is 4. The van der Waals surface area contributed by atoms with E-state index in [0.29, 0.717) is 36.8 Å². The Kier molecular flexibility index (Phi) is 4.98. The van der Waals surface area contributed by atoms with E-state index in [1.165, 1.54) is 0 Å². The molecule has 1 fully saturated rings. The number of carbonyl (C=O) groups is 2. The number of ether oxygens (including phenoxy) is 1. The van der Waals surface area contributed by atoms with Crippen molar-refractivity contribution in [3.05, 3.63) is 34.9 Å². The lowest BCUT2D eigenvalue weighted by Gasteiger charge is -2.34. The van der Waals surface area contributed by atoms with Gasteiger partial charge in [0.1, 0.15) is 6.04 Å². The molecule has 1 unspecified atom stereocenters. The fourth-order valence-electron chi connectivity index (χ4n) is 2.15. The molecular formula is C14H17ClN2O3. The van der Waals surface area contributed by atoms with E-state index in [2.05, 4.69) is 5.32 Å². The van der Waals surface area contributed by atoms with Crippen LogP contribution in [0.5, 0.6) is 0 Å². The number of carbonyl (C=O) groups excluding carboxylic acids is 2. The van der Waals surface area contributed by atoms with Crippen LogP contribution in [0.2, 0.25) is 5.02 Å². The SMILES string of the molecule is CCOC(=O)C1CNCCN1C(=O)c1ccc(Cl)cc1. The van der Waals surface area contributed by atoms with Gasteiger partial charge in [0.25, 0.3) is 5.91 Å². The molecule has 1 heterocycles. The van der Waals surface area contributed by atoms with E-state index in [0.717, 1.165) is 0 Å². The Morgan fingerprint density at radius 1 is 1.40 bits per heavy atom.